The van der Waals surface area contributed by atoms with Gasteiger partial charge in [0, 0.05) is 10.7 Å². The molecule has 1 unspecified atom stereocenters. The first-order valence-electron chi connectivity index (χ1n) is 5.65. The Hall–Kier alpha value is -0.860. The fourth-order valence-electron chi connectivity index (χ4n) is 2.41. The van der Waals surface area contributed by atoms with Crippen LogP contribution in [-0.2, 0) is 0 Å². The van der Waals surface area contributed by atoms with Crippen LogP contribution in [0.2, 0.25) is 0 Å². The van der Waals surface area contributed by atoms with Crippen molar-refractivity contribution in [3.63, 3.8) is 0 Å². The van der Waals surface area contributed by atoms with E-state index in [1.54, 1.807) is 0 Å². The van der Waals surface area contributed by atoms with Gasteiger partial charge in [-0.05, 0) is 41.8 Å². The van der Waals surface area contributed by atoms with E-state index in [0.717, 1.165) is 0 Å². The first-order chi connectivity index (χ1) is 7.45. The van der Waals surface area contributed by atoms with E-state index < -0.39 is 0 Å². The molecule has 0 aliphatic carbocycles. The highest BCUT2D eigenvalue weighted by molar-refractivity contribution is 7.17. The summed E-state index contributed by atoms with van der Waals surface area (Å²) in [5.41, 5.74) is 1.50. The molecule has 1 fully saturated rings. The molecule has 0 spiro atoms. The predicted molar refractivity (Wildman–Crippen MR) is 66.4 cm³/mol. The molecular weight excluding hydrogens is 202 g/mol. The van der Waals surface area contributed by atoms with Gasteiger partial charge in [0.15, 0.2) is 0 Å². The lowest BCUT2D eigenvalue weighted by Gasteiger charge is -2.24. The third-order valence-corrected chi connectivity index (χ3v) is 4.17. The second kappa shape index (κ2) is 3.95. The fraction of sp³-hybridized carbons (Fsp3) is 0.385. The number of nitrogens with one attached hydrogen (secondary N) is 1. The van der Waals surface area contributed by atoms with Crippen molar-refractivity contribution in [2.24, 2.45) is 0 Å². The van der Waals surface area contributed by atoms with Crippen LogP contribution < -0.4 is 5.32 Å². The SMILES string of the molecule is c1cc(C2CCCCN2)c2sccc2c1. The minimum absolute atomic E-state index is 0.584. The van der Waals surface area contributed by atoms with Crippen molar-refractivity contribution in [2.75, 3.05) is 6.54 Å². The van der Waals surface area contributed by atoms with Crippen LogP contribution in [0, 0.1) is 0 Å². The maximum Gasteiger partial charge on any atom is 0.0390 e. The van der Waals surface area contributed by atoms with Crippen LogP contribution in [0.15, 0.2) is 29.6 Å². The highest BCUT2D eigenvalue weighted by Crippen LogP contribution is 2.32. The van der Waals surface area contributed by atoms with Crippen LogP contribution in [0.5, 0.6) is 0 Å². The van der Waals surface area contributed by atoms with E-state index in [0.29, 0.717) is 6.04 Å². The van der Waals surface area contributed by atoms with Crippen molar-refractivity contribution in [2.45, 2.75) is 25.3 Å². The molecule has 0 amide bonds. The van der Waals surface area contributed by atoms with E-state index in [-0.39, 0.29) is 0 Å². The predicted octanol–water partition coefficient (Wildman–Crippen LogP) is 3.72. The smallest absolute Gasteiger partial charge is 0.0390 e. The number of hydrogen-bond donors (Lipinski definition) is 1. The molecule has 1 saturated heterocycles. The molecule has 78 valence electrons. The zero-order chi connectivity index (χ0) is 10.1. The topological polar surface area (TPSA) is 12.0 Å². The Morgan fingerprint density at radius 2 is 2.20 bits per heavy atom. The van der Waals surface area contributed by atoms with Gasteiger partial charge in [-0.3, -0.25) is 0 Å². The van der Waals surface area contributed by atoms with Crippen LogP contribution in [0.1, 0.15) is 30.9 Å². The van der Waals surface area contributed by atoms with E-state index in [2.05, 4.69) is 35.0 Å². The summed E-state index contributed by atoms with van der Waals surface area (Å²) in [4.78, 5) is 0. The number of rotatable bonds is 1. The number of piperidine rings is 1. The summed E-state index contributed by atoms with van der Waals surface area (Å²) < 4.78 is 1.47. The van der Waals surface area contributed by atoms with E-state index in [1.165, 1.54) is 41.5 Å². The standard InChI is InChI=1S/C13H15NS/c1-2-8-14-12(6-1)11-5-3-4-10-7-9-15-13(10)11/h3-5,7,9,12,14H,1-2,6,8H2. The molecule has 1 aliphatic heterocycles. The quantitative estimate of drug-likeness (QED) is 0.767. The summed E-state index contributed by atoms with van der Waals surface area (Å²) in [6.07, 6.45) is 3.98. The summed E-state index contributed by atoms with van der Waals surface area (Å²) in [6, 6.07) is 9.47. The van der Waals surface area contributed by atoms with Crippen molar-refractivity contribution in [1.82, 2.24) is 5.32 Å². The molecule has 1 atom stereocenters. The zero-order valence-electron chi connectivity index (χ0n) is 8.70. The molecule has 0 bridgehead atoms. The molecule has 1 N–H and O–H groups in total. The van der Waals surface area contributed by atoms with E-state index in [1.807, 2.05) is 11.3 Å². The minimum atomic E-state index is 0.584. The largest absolute Gasteiger partial charge is 0.310 e. The maximum absolute atomic E-state index is 3.62. The molecule has 15 heavy (non-hydrogen) atoms. The molecule has 1 aromatic heterocycles. The third-order valence-electron chi connectivity index (χ3n) is 3.20. The highest BCUT2D eigenvalue weighted by atomic mass is 32.1. The third kappa shape index (κ3) is 1.68. The first kappa shape index (κ1) is 9.37. The summed E-state index contributed by atoms with van der Waals surface area (Å²) in [7, 11) is 0. The average molecular weight is 217 g/mol. The number of fused-ring (bicyclic) bond motifs is 1. The Balaban J connectivity index is 2.05. The fourth-order valence-corrected chi connectivity index (χ4v) is 3.38. The Bertz CT molecular complexity index is 454. The molecular formula is C13H15NS. The van der Waals surface area contributed by atoms with Gasteiger partial charge in [0.1, 0.15) is 0 Å². The van der Waals surface area contributed by atoms with Gasteiger partial charge in [0.25, 0.3) is 0 Å². The van der Waals surface area contributed by atoms with E-state index in [9.17, 15) is 0 Å². The monoisotopic (exact) mass is 217 g/mol. The average Bonchev–Trinajstić information content (AvgIpc) is 2.78. The van der Waals surface area contributed by atoms with Crippen LogP contribution in [0.3, 0.4) is 0 Å². The normalized spacial score (nSPS) is 22.0. The zero-order valence-corrected chi connectivity index (χ0v) is 9.52. The van der Waals surface area contributed by atoms with Gasteiger partial charge in [-0.2, -0.15) is 0 Å². The van der Waals surface area contributed by atoms with Gasteiger partial charge in [0.05, 0.1) is 0 Å². The minimum Gasteiger partial charge on any atom is -0.310 e. The molecule has 1 nitrogen and oxygen atoms in total. The van der Waals surface area contributed by atoms with Crippen molar-refractivity contribution in [1.29, 1.82) is 0 Å². The summed E-state index contributed by atoms with van der Waals surface area (Å²) in [6.45, 7) is 1.17. The highest BCUT2D eigenvalue weighted by Gasteiger charge is 2.16. The van der Waals surface area contributed by atoms with Crippen LogP contribution in [0.4, 0.5) is 0 Å². The summed E-state index contributed by atoms with van der Waals surface area (Å²) in [5, 5.41) is 7.21. The Kier molecular flexibility index (Phi) is 2.47. The Morgan fingerprint density at radius 1 is 1.20 bits per heavy atom. The lowest BCUT2D eigenvalue weighted by Crippen LogP contribution is -2.26. The first-order valence-corrected chi connectivity index (χ1v) is 6.52. The second-order valence-electron chi connectivity index (χ2n) is 4.19. The number of hydrogen-bond acceptors (Lipinski definition) is 2. The van der Waals surface area contributed by atoms with Crippen LogP contribution in [0.25, 0.3) is 10.1 Å². The van der Waals surface area contributed by atoms with E-state index in [4.69, 9.17) is 0 Å². The van der Waals surface area contributed by atoms with Crippen LogP contribution in [-0.4, -0.2) is 6.54 Å². The lowest BCUT2D eigenvalue weighted by atomic mass is 9.97. The molecule has 3 rings (SSSR count). The van der Waals surface area contributed by atoms with Crippen molar-refractivity contribution < 1.29 is 0 Å². The summed E-state index contributed by atoms with van der Waals surface area (Å²) >= 11 is 1.87. The van der Waals surface area contributed by atoms with Crippen molar-refractivity contribution in [3.8, 4) is 0 Å². The van der Waals surface area contributed by atoms with Gasteiger partial charge < -0.3 is 5.32 Å². The maximum atomic E-state index is 3.62. The molecule has 1 aromatic carbocycles. The van der Waals surface area contributed by atoms with Crippen LogP contribution >= 0.6 is 11.3 Å². The molecule has 2 heterocycles. The van der Waals surface area contributed by atoms with Gasteiger partial charge in [0.2, 0.25) is 0 Å². The van der Waals surface area contributed by atoms with Gasteiger partial charge in [-0.15, -0.1) is 11.3 Å². The molecule has 2 heteroatoms. The number of thiophene rings is 1. The Labute approximate surface area is 94.1 Å². The lowest BCUT2D eigenvalue weighted by molar-refractivity contribution is 0.414. The molecule has 1 aliphatic rings. The number of benzene rings is 1. The van der Waals surface area contributed by atoms with E-state index >= 15 is 0 Å². The molecule has 0 radical (unpaired) electrons. The van der Waals surface area contributed by atoms with Gasteiger partial charge in [-0.1, -0.05) is 24.6 Å². The molecule has 0 saturated carbocycles. The summed E-state index contributed by atoms with van der Waals surface area (Å²) in [5.74, 6) is 0. The Morgan fingerprint density at radius 3 is 3.07 bits per heavy atom. The molecule has 2 aromatic rings. The second-order valence-corrected chi connectivity index (χ2v) is 5.10. The van der Waals surface area contributed by atoms with Gasteiger partial charge >= 0.3 is 0 Å². The van der Waals surface area contributed by atoms with Crippen molar-refractivity contribution in [3.05, 3.63) is 35.2 Å². The van der Waals surface area contributed by atoms with Gasteiger partial charge in [-0.25, -0.2) is 0 Å². The van der Waals surface area contributed by atoms with Crippen molar-refractivity contribution >= 4 is 21.4 Å².